The molecule has 102 valence electrons. The van der Waals surface area contributed by atoms with Crippen LogP contribution in [0.1, 0.15) is 50.3 Å². The molecular formula is C16H27NO. The molecular weight excluding hydrogens is 222 g/mol. The van der Waals surface area contributed by atoms with E-state index in [4.69, 9.17) is 10.5 Å². The third kappa shape index (κ3) is 3.74. The smallest absolute Gasteiger partial charge is 0.125 e. The topological polar surface area (TPSA) is 35.2 Å². The summed E-state index contributed by atoms with van der Waals surface area (Å²) in [6, 6.07) is 4.48. The highest BCUT2D eigenvalue weighted by atomic mass is 16.5. The molecule has 1 aromatic rings. The zero-order chi connectivity index (χ0) is 13.8. The van der Waals surface area contributed by atoms with Crippen molar-refractivity contribution < 1.29 is 4.74 Å². The Bertz CT molecular complexity index is 391. The molecule has 0 aromatic heterocycles. The van der Waals surface area contributed by atoms with Crippen LogP contribution in [-0.2, 0) is 11.8 Å². The average Bonchev–Trinajstić information content (AvgIpc) is 2.27. The van der Waals surface area contributed by atoms with Crippen LogP contribution in [0, 0.1) is 6.92 Å². The van der Waals surface area contributed by atoms with Crippen LogP contribution in [0.3, 0.4) is 0 Å². The molecule has 0 heterocycles. The van der Waals surface area contributed by atoms with Crippen LogP contribution in [0.15, 0.2) is 12.1 Å². The van der Waals surface area contributed by atoms with E-state index in [0.717, 1.165) is 31.6 Å². The molecule has 2 heteroatoms. The quantitative estimate of drug-likeness (QED) is 0.809. The van der Waals surface area contributed by atoms with Crippen LogP contribution < -0.4 is 10.5 Å². The van der Waals surface area contributed by atoms with Crippen molar-refractivity contribution in [3.05, 3.63) is 28.8 Å². The fraction of sp³-hybridized carbons (Fsp3) is 0.625. The van der Waals surface area contributed by atoms with Crippen molar-refractivity contribution in [1.29, 1.82) is 0 Å². The van der Waals surface area contributed by atoms with E-state index in [1.54, 1.807) is 7.11 Å². The molecule has 2 N–H and O–H groups in total. The van der Waals surface area contributed by atoms with Gasteiger partial charge in [-0.15, -0.1) is 0 Å². The van der Waals surface area contributed by atoms with Crippen molar-refractivity contribution in [2.24, 2.45) is 5.73 Å². The first kappa shape index (κ1) is 15.0. The van der Waals surface area contributed by atoms with E-state index in [1.165, 1.54) is 16.7 Å². The van der Waals surface area contributed by atoms with Gasteiger partial charge in [0, 0.05) is 5.56 Å². The zero-order valence-electron chi connectivity index (χ0n) is 12.5. The minimum absolute atomic E-state index is 0.111. The van der Waals surface area contributed by atoms with Crippen molar-refractivity contribution in [2.75, 3.05) is 13.7 Å². The molecule has 0 aliphatic carbocycles. The standard InChI is InChI=1S/C16H27NO/c1-12-10-13(8-6-7-9-17)15(18-5)14(11-12)16(2,3)4/h10-11H,6-9,17H2,1-5H3. The first-order valence-corrected chi connectivity index (χ1v) is 6.78. The summed E-state index contributed by atoms with van der Waals surface area (Å²) in [7, 11) is 1.77. The molecule has 0 unspecified atom stereocenters. The van der Waals surface area contributed by atoms with E-state index in [-0.39, 0.29) is 5.41 Å². The fourth-order valence-corrected chi connectivity index (χ4v) is 2.29. The number of hydrogen-bond donors (Lipinski definition) is 1. The second kappa shape index (κ2) is 6.24. The molecule has 0 fully saturated rings. The Morgan fingerprint density at radius 3 is 2.33 bits per heavy atom. The lowest BCUT2D eigenvalue weighted by molar-refractivity contribution is 0.391. The highest BCUT2D eigenvalue weighted by Crippen LogP contribution is 2.35. The number of benzene rings is 1. The number of nitrogens with two attached hydrogens (primary N) is 1. The summed E-state index contributed by atoms with van der Waals surface area (Å²) in [6.45, 7) is 9.61. The number of aryl methyl sites for hydroxylation is 2. The van der Waals surface area contributed by atoms with Gasteiger partial charge in [-0.1, -0.05) is 38.5 Å². The summed E-state index contributed by atoms with van der Waals surface area (Å²) in [5, 5.41) is 0. The zero-order valence-corrected chi connectivity index (χ0v) is 12.5. The van der Waals surface area contributed by atoms with Crippen molar-refractivity contribution in [3.63, 3.8) is 0 Å². The Morgan fingerprint density at radius 2 is 1.83 bits per heavy atom. The van der Waals surface area contributed by atoms with Crippen LogP contribution in [0.25, 0.3) is 0 Å². The van der Waals surface area contributed by atoms with Crippen LogP contribution >= 0.6 is 0 Å². The monoisotopic (exact) mass is 249 g/mol. The number of hydrogen-bond acceptors (Lipinski definition) is 2. The largest absolute Gasteiger partial charge is 0.496 e. The Balaban J connectivity index is 3.12. The second-order valence-corrected chi connectivity index (χ2v) is 6.00. The Hall–Kier alpha value is -1.02. The van der Waals surface area contributed by atoms with Gasteiger partial charge in [0.05, 0.1) is 7.11 Å². The van der Waals surface area contributed by atoms with Gasteiger partial charge in [0.25, 0.3) is 0 Å². The number of ether oxygens (including phenoxy) is 1. The van der Waals surface area contributed by atoms with E-state index >= 15 is 0 Å². The van der Waals surface area contributed by atoms with Crippen molar-refractivity contribution in [3.8, 4) is 5.75 Å². The second-order valence-electron chi connectivity index (χ2n) is 6.00. The maximum Gasteiger partial charge on any atom is 0.125 e. The summed E-state index contributed by atoms with van der Waals surface area (Å²) in [5.74, 6) is 1.06. The molecule has 0 saturated heterocycles. The lowest BCUT2D eigenvalue weighted by Crippen LogP contribution is -2.14. The van der Waals surface area contributed by atoms with E-state index in [2.05, 4.69) is 39.8 Å². The maximum absolute atomic E-state index is 5.66. The van der Waals surface area contributed by atoms with Gasteiger partial charge in [0.1, 0.15) is 5.75 Å². The number of unbranched alkanes of at least 4 members (excludes halogenated alkanes) is 1. The van der Waals surface area contributed by atoms with Crippen LogP contribution in [-0.4, -0.2) is 13.7 Å². The summed E-state index contributed by atoms with van der Waals surface area (Å²) in [4.78, 5) is 0. The molecule has 0 radical (unpaired) electrons. The minimum atomic E-state index is 0.111. The third-order valence-corrected chi connectivity index (χ3v) is 3.22. The van der Waals surface area contributed by atoms with E-state index in [1.807, 2.05) is 0 Å². The fourth-order valence-electron chi connectivity index (χ4n) is 2.29. The van der Waals surface area contributed by atoms with Crippen molar-refractivity contribution >= 4 is 0 Å². The van der Waals surface area contributed by atoms with Crippen LogP contribution in [0.4, 0.5) is 0 Å². The molecule has 2 nitrogen and oxygen atoms in total. The Morgan fingerprint density at radius 1 is 1.17 bits per heavy atom. The first-order chi connectivity index (χ1) is 8.40. The van der Waals surface area contributed by atoms with Gasteiger partial charge in [-0.2, -0.15) is 0 Å². The predicted molar refractivity (Wildman–Crippen MR) is 78.4 cm³/mol. The van der Waals surface area contributed by atoms with E-state index < -0.39 is 0 Å². The molecule has 0 aliphatic heterocycles. The average molecular weight is 249 g/mol. The van der Waals surface area contributed by atoms with E-state index in [9.17, 15) is 0 Å². The molecule has 1 rings (SSSR count). The lowest BCUT2D eigenvalue weighted by atomic mass is 9.83. The number of methoxy groups -OCH3 is 1. The molecule has 0 bridgehead atoms. The SMILES string of the molecule is COc1c(CCCCN)cc(C)cc1C(C)(C)C. The van der Waals surface area contributed by atoms with Gasteiger partial charge < -0.3 is 10.5 Å². The van der Waals surface area contributed by atoms with E-state index in [0.29, 0.717) is 0 Å². The molecule has 18 heavy (non-hydrogen) atoms. The van der Waals surface area contributed by atoms with Crippen LogP contribution in [0.2, 0.25) is 0 Å². The summed E-state index contributed by atoms with van der Waals surface area (Å²) < 4.78 is 5.66. The highest BCUT2D eigenvalue weighted by molar-refractivity contribution is 5.47. The van der Waals surface area contributed by atoms with Gasteiger partial charge in [-0.3, -0.25) is 0 Å². The predicted octanol–water partition coefficient (Wildman–Crippen LogP) is 3.58. The summed E-state index contributed by atoms with van der Waals surface area (Å²) >= 11 is 0. The summed E-state index contributed by atoms with van der Waals surface area (Å²) in [6.07, 6.45) is 3.24. The van der Waals surface area contributed by atoms with Crippen molar-refractivity contribution in [2.45, 2.75) is 52.4 Å². The normalized spacial score (nSPS) is 11.7. The van der Waals surface area contributed by atoms with Gasteiger partial charge in [0.2, 0.25) is 0 Å². The summed E-state index contributed by atoms with van der Waals surface area (Å²) in [5.41, 5.74) is 9.60. The molecule has 1 aromatic carbocycles. The molecule has 0 spiro atoms. The van der Waals surface area contributed by atoms with Crippen molar-refractivity contribution in [1.82, 2.24) is 0 Å². The van der Waals surface area contributed by atoms with Gasteiger partial charge in [0.15, 0.2) is 0 Å². The molecule has 0 amide bonds. The van der Waals surface area contributed by atoms with Gasteiger partial charge in [-0.05, 0) is 43.7 Å². The lowest BCUT2D eigenvalue weighted by Gasteiger charge is -2.25. The van der Waals surface area contributed by atoms with Gasteiger partial charge >= 0.3 is 0 Å². The molecule has 0 saturated carbocycles. The minimum Gasteiger partial charge on any atom is -0.496 e. The molecule has 0 aliphatic rings. The molecule has 0 atom stereocenters. The Labute approximate surface area is 112 Å². The Kier molecular flexibility index (Phi) is 5.21. The number of rotatable bonds is 5. The third-order valence-electron chi connectivity index (χ3n) is 3.22. The first-order valence-electron chi connectivity index (χ1n) is 6.78. The maximum atomic E-state index is 5.66. The van der Waals surface area contributed by atoms with Crippen LogP contribution in [0.5, 0.6) is 5.75 Å². The van der Waals surface area contributed by atoms with Gasteiger partial charge in [-0.25, -0.2) is 0 Å². The highest BCUT2D eigenvalue weighted by Gasteiger charge is 2.21.